The van der Waals surface area contributed by atoms with Gasteiger partial charge in [0, 0.05) is 18.5 Å². The fourth-order valence-electron chi connectivity index (χ4n) is 2.31. The van der Waals surface area contributed by atoms with Gasteiger partial charge in [-0.25, -0.2) is 8.42 Å². The summed E-state index contributed by atoms with van der Waals surface area (Å²) >= 11 is 5.84. The summed E-state index contributed by atoms with van der Waals surface area (Å²) in [4.78, 5) is 0.380. The third kappa shape index (κ3) is 4.70. The summed E-state index contributed by atoms with van der Waals surface area (Å²) in [5.41, 5.74) is 1.60. The molecule has 0 spiro atoms. The number of hydrogen-bond acceptors (Lipinski definition) is 2. The van der Waals surface area contributed by atoms with Crippen molar-refractivity contribution in [1.29, 1.82) is 0 Å². The van der Waals surface area contributed by atoms with Gasteiger partial charge in [0.2, 0.25) is 10.0 Å². The number of unbranched alkanes of at least 4 members (excludes halogenated alkanes) is 2. The topological polar surface area (TPSA) is 37.4 Å². The number of halogens is 1. The molecule has 120 valence electrons. The Morgan fingerprint density at radius 2 is 1.90 bits per heavy atom. The van der Waals surface area contributed by atoms with E-state index in [2.05, 4.69) is 6.92 Å². The van der Waals surface area contributed by atoms with E-state index in [4.69, 9.17) is 11.6 Å². The van der Waals surface area contributed by atoms with E-state index in [-0.39, 0.29) is 6.04 Å². The van der Waals surface area contributed by atoms with Crippen LogP contribution in [0.1, 0.15) is 51.2 Å². The molecule has 0 radical (unpaired) electrons. The molecule has 0 aliphatic carbocycles. The standard InChI is InChI=1S/C16H26ClNO2S/c1-5-6-7-10-18(13(2)3)21(19,20)16-11-15(12-17)9-8-14(16)4/h8-9,11,13H,5-7,10,12H2,1-4H3. The zero-order chi connectivity index (χ0) is 16.0. The minimum absolute atomic E-state index is 0.0501. The normalized spacial score (nSPS) is 12.3. The van der Waals surface area contributed by atoms with Gasteiger partial charge in [-0.1, -0.05) is 31.9 Å². The summed E-state index contributed by atoms with van der Waals surface area (Å²) in [6.45, 7) is 8.35. The first-order valence-corrected chi connectivity index (χ1v) is 9.49. The van der Waals surface area contributed by atoms with Gasteiger partial charge in [0.1, 0.15) is 0 Å². The Balaban J connectivity index is 3.16. The van der Waals surface area contributed by atoms with Gasteiger partial charge in [0.15, 0.2) is 0 Å². The highest BCUT2D eigenvalue weighted by Gasteiger charge is 2.28. The SMILES string of the molecule is CCCCCN(C(C)C)S(=O)(=O)c1cc(CCl)ccc1C. The molecule has 0 fully saturated rings. The molecule has 0 bridgehead atoms. The molecular weight excluding hydrogens is 306 g/mol. The molecule has 0 saturated heterocycles. The predicted molar refractivity (Wildman–Crippen MR) is 89.3 cm³/mol. The summed E-state index contributed by atoms with van der Waals surface area (Å²) < 4.78 is 27.5. The van der Waals surface area contributed by atoms with Crippen molar-refractivity contribution in [3.8, 4) is 0 Å². The maximum Gasteiger partial charge on any atom is 0.243 e. The Morgan fingerprint density at radius 1 is 1.24 bits per heavy atom. The molecule has 0 heterocycles. The predicted octanol–water partition coefficient (Wildman–Crippen LogP) is 4.32. The van der Waals surface area contributed by atoms with Crippen molar-refractivity contribution in [2.45, 2.75) is 63.8 Å². The molecule has 0 aromatic heterocycles. The smallest absolute Gasteiger partial charge is 0.207 e. The first kappa shape index (κ1) is 18.5. The van der Waals surface area contributed by atoms with Gasteiger partial charge in [0.25, 0.3) is 0 Å². The Labute approximate surface area is 134 Å². The van der Waals surface area contributed by atoms with Crippen LogP contribution in [-0.4, -0.2) is 25.3 Å². The molecule has 1 rings (SSSR count). The van der Waals surface area contributed by atoms with E-state index in [0.29, 0.717) is 17.3 Å². The molecule has 21 heavy (non-hydrogen) atoms. The van der Waals surface area contributed by atoms with E-state index < -0.39 is 10.0 Å². The Bertz CT molecular complexity index is 555. The van der Waals surface area contributed by atoms with Crippen molar-refractivity contribution >= 4 is 21.6 Å². The third-order valence-corrected chi connectivity index (χ3v) is 6.08. The lowest BCUT2D eigenvalue weighted by molar-refractivity contribution is 0.345. The first-order chi connectivity index (χ1) is 9.84. The molecule has 3 nitrogen and oxygen atoms in total. The van der Waals surface area contributed by atoms with Crippen LogP contribution >= 0.6 is 11.6 Å². The molecule has 0 amide bonds. The first-order valence-electron chi connectivity index (χ1n) is 7.52. The molecule has 0 aliphatic rings. The minimum Gasteiger partial charge on any atom is -0.207 e. The van der Waals surface area contributed by atoms with Gasteiger partial charge in [-0.15, -0.1) is 11.6 Å². The van der Waals surface area contributed by atoms with Crippen LogP contribution < -0.4 is 0 Å². The highest BCUT2D eigenvalue weighted by atomic mass is 35.5. The van der Waals surface area contributed by atoms with Crippen LogP contribution in [0.2, 0.25) is 0 Å². The third-order valence-electron chi connectivity index (χ3n) is 3.55. The Kier molecular flexibility index (Phi) is 7.17. The van der Waals surface area contributed by atoms with Gasteiger partial charge in [-0.05, 0) is 44.4 Å². The highest BCUT2D eigenvalue weighted by Crippen LogP contribution is 2.24. The second-order valence-corrected chi connectivity index (χ2v) is 7.78. The second-order valence-electron chi connectivity index (χ2n) is 5.65. The van der Waals surface area contributed by atoms with Crippen molar-refractivity contribution < 1.29 is 8.42 Å². The summed E-state index contributed by atoms with van der Waals surface area (Å²) in [6.07, 6.45) is 3.01. The minimum atomic E-state index is -3.47. The second kappa shape index (κ2) is 8.16. The molecular formula is C16H26ClNO2S. The maximum atomic E-state index is 12.9. The highest BCUT2D eigenvalue weighted by molar-refractivity contribution is 7.89. The zero-order valence-electron chi connectivity index (χ0n) is 13.4. The van der Waals surface area contributed by atoms with E-state index in [9.17, 15) is 8.42 Å². The van der Waals surface area contributed by atoms with Crippen molar-refractivity contribution in [2.24, 2.45) is 0 Å². The van der Waals surface area contributed by atoms with Gasteiger partial charge in [-0.2, -0.15) is 4.31 Å². The number of benzene rings is 1. The number of alkyl halides is 1. The lowest BCUT2D eigenvalue weighted by atomic mass is 10.2. The lowest BCUT2D eigenvalue weighted by Crippen LogP contribution is -2.38. The fourth-order valence-corrected chi connectivity index (χ4v) is 4.42. The Hall–Kier alpha value is -0.580. The van der Waals surface area contributed by atoms with E-state index in [1.54, 1.807) is 10.4 Å². The molecule has 0 aliphatic heterocycles. The largest absolute Gasteiger partial charge is 0.243 e. The van der Waals surface area contributed by atoms with Crippen molar-refractivity contribution in [3.05, 3.63) is 29.3 Å². The van der Waals surface area contributed by atoms with E-state index >= 15 is 0 Å². The van der Waals surface area contributed by atoms with Crippen LogP contribution in [-0.2, 0) is 15.9 Å². The molecule has 0 unspecified atom stereocenters. The van der Waals surface area contributed by atoms with E-state index in [1.807, 2.05) is 32.9 Å². The van der Waals surface area contributed by atoms with Crippen LogP contribution in [0.3, 0.4) is 0 Å². The summed E-state index contributed by atoms with van der Waals surface area (Å²) in [6, 6.07) is 5.35. The van der Waals surface area contributed by atoms with Crippen molar-refractivity contribution in [2.75, 3.05) is 6.54 Å². The van der Waals surface area contributed by atoms with Gasteiger partial charge in [-0.3, -0.25) is 0 Å². The zero-order valence-corrected chi connectivity index (χ0v) is 15.0. The van der Waals surface area contributed by atoms with Gasteiger partial charge >= 0.3 is 0 Å². The number of sulfonamides is 1. The van der Waals surface area contributed by atoms with Crippen molar-refractivity contribution in [3.63, 3.8) is 0 Å². The number of nitrogens with zero attached hydrogens (tertiary/aromatic N) is 1. The molecule has 0 N–H and O–H groups in total. The molecule has 0 saturated carbocycles. The molecule has 1 aromatic rings. The van der Waals surface area contributed by atoms with Crippen LogP contribution in [0.5, 0.6) is 0 Å². The molecule has 0 atom stereocenters. The van der Waals surface area contributed by atoms with Crippen LogP contribution in [0.15, 0.2) is 23.1 Å². The average molecular weight is 332 g/mol. The van der Waals surface area contributed by atoms with Crippen LogP contribution in [0.4, 0.5) is 0 Å². The summed E-state index contributed by atoms with van der Waals surface area (Å²) in [5.74, 6) is 0.320. The van der Waals surface area contributed by atoms with Crippen molar-refractivity contribution in [1.82, 2.24) is 4.31 Å². The molecule has 5 heteroatoms. The molecule has 1 aromatic carbocycles. The summed E-state index contributed by atoms with van der Waals surface area (Å²) in [5, 5.41) is 0. The quantitative estimate of drug-likeness (QED) is 0.525. The average Bonchev–Trinajstić information content (AvgIpc) is 2.43. The van der Waals surface area contributed by atoms with E-state index in [0.717, 1.165) is 30.4 Å². The maximum absolute atomic E-state index is 12.9. The van der Waals surface area contributed by atoms with Crippen LogP contribution in [0.25, 0.3) is 0 Å². The van der Waals surface area contributed by atoms with Crippen LogP contribution in [0, 0.1) is 6.92 Å². The number of rotatable bonds is 8. The van der Waals surface area contributed by atoms with Gasteiger partial charge < -0.3 is 0 Å². The number of aryl methyl sites for hydroxylation is 1. The van der Waals surface area contributed by atoms with E-state index in [1.165, 1.54) is 0 Å². The lowest BCUT2D eigenvalue weighted by Gasteiger charge is -2.27. The van der Waals surface area contributed by atoms with Gasteiger partial charge in [0.05, 0.1) is 4.90 Å². The number of hydrogen-bond donors (Lipinski definition) is 0. The monoisotopic (exact) mass is 331 g/mol. The summed E-state index contributed by atoms with van der Waals surface area (Å²) in [7, 11) is -3.47. The Morgan fingerprint density at radius 3 is 2.43 bits per heavy atom. The fraction of sp³-hybridized carbons (Fsp3) is 0.625.